The number of likely N-dealkylation sites (N-methyl/N-ethyl adjacent to an activating group) is 1. The second kappa shape index (κ2) is 5.22. The van der Waals surface area contributed by atoms with Crippen LogP contribution in [0, 0.1) is 0 Å². The van der Waals surface area contributed by atoms with Gasteiger partial charge in [0.1, 0.15) is 17.2 Å². The van der Waals surface area contributed by atoms with Gasteiger partial charge >= 0.3 is 0 Å². The Morgan fingerprint density at radius 1 is 1.11 bits per heavy atom. The molecule has 0 fully saturated rings. The Labute approximate surface area is 158 Å². The van der Waals surface area contributed by atoms with E-state index in [1.807, 2.05) is 30.6 Å². The Balaban J connectivity index is 1.69. The van der Waals surface area contributed by atoms with Gasteiger partial charge in [-0.1, -0.05) is 6.07 Å². The first-order chi connectivity index (χ1) is 13.0. The van der Waals surface area contributed by atoms with E-state index in [4.69, 9.17) is 14.5 Å². The largest absolute Gasteiger partial charge is 0.497 e. The number of hydrogen-bond acceptors (Lipinski definition) is 5. The molecule has 1 unspecified atom stereocenters. The SMILES string of the molecule is COc1ccc2c(c1)C(C)(C)C1(C=Nc3c(ccc4ccncc34)O1)N2C. The summed E-state index contributed by atoms with van der Waals surface area (Å²) in [6, 6.07) is 12.2. The molecule has 0 saturated carbocycles. The van der Waals surface area contributed by atoms with E-state index in [0.29, 0.717) is 0 Å². The first-order valence-electron chi connectivity index (χ1n) is 9.01. The fourth-order valence-corrected chi connectivity index (χ4v) is 4.36. The maximum atomic E-state index is 6.68. The molecule has 0 bridgehead atoms. The van der Waals surface area contributed by atoms with Crippen molar-refractivity contribution in [2.75, 3.05) is 19.1 Å². The number of aromatic nitrogens is 1. The predicted molar refractivity (Wildman–Crippen MR) is 108 cm³/mol. The molecule has 0 N–H and O–H groups in total. The molecule has 2 aliphatic heterocycles. The van der Waals surface area contributed by atoms with Gasteiger partial charge in [0, 0.05) is 30.5 Å². The molecule has 5 heteroatoms. The highest BCUT2D eigenvalue weighted by Gasteiger charge is 2.58. The number of benzene rings is 2. The minimum atomic E-state index is -0.704. The standard InChI is InChI=1S/C22H21N3O2/c1-21(2)17-11-15(26-4)6-7-18(17)25(3)22(21)13-24-20-16-12-23-10-9-14(16)5-8-19(20)27-22/h5-13H,1-4H3. The highest BCUT2D eigenvalue weighted by atomic mass is 16.5. The van der Waals surface area contributed by atoms with Crippen LogP contribution in [0.2, 0.25) is 0 Å². The fraction of sp³-hybridized carbons (Fsp3) is 0.273. The highest BCUT2D eigenvalue weighted by molar-refractivity contribution is 5.99. The minimum Gasteiger partial charge on any atom is -0.497 e. The van der Waals surface area contributed by atoms with Gasteiger partial charge in [0.05, 0.1) is 18.7 Å². The van der Waals surface area contributed by atoms with E-state index in [-0.39, 0.29) is 5.41 Å². The van der Waals surface area contributed by atoms with E-state index in [1.54, 1.807) is 13.3 Å². The van der Waals surface area contributed by atoms with Gasteiger partial charge in [-0.2, -0.15) is 0 Å². The number of rotatable bonds is 1. The molecular formula is C22H21N3O2. The number of nitrogens with zero attached hydrogens (tertiary/aromatic N) is 3. The van der Waals surface area contributed by atoms with Crippen molar-refractivity contribution in [2.24, 2.45) is 4.99 Å². The molecule has 5 rings (SSSR count). The number of pyridine rings is 1. The van der Waals surface area contributed by atoms with E-state index in [0.717, 1.165) is 33.6 Å². The fourth-order valence-electron chi connectivity index (χ4n) is 4.36. The van der Waals surface area contributed by atoms with Crippen LogP contribution < -0.4 is 14.4 Å². The summed E-state index contributed by atoms with van der Waals surface area (Å²) in [5.74, 6) is 1.62. The molecule has 2 aromatic carbocycles. The zero-order chi connectivity index (χ0) is 18.8. The molecular weight excluding hydrogens is 338 g/mol. The summed E-state index contributed by atoms with van der Waals surface area (Å²) in [5, 5.41) is 2.10. The smallest absolute Gasteiger partial charge is 0.228 e. The molecule has 0 saturated heterocycles. The molecule has 5 nitrogen and oxygen atoms in total. The lowest BCUT2D eigenvalue weighted by molar-refractivity contribution is 0.0826. The monoisotopic (exact) mass is 359 g/mol. The Kier molecular flexibility index (Phi) is 3.12. The van der Waals surface area contributed by atoms with Crippen molar-refractivity contribution in [3.8, 4) is 11.5 Å². The number of aliphatic imine (C=N–C) groups is 1. The molecule has 1 atom stereocenters. The summed E-state index contributed by atoms with van der Waals surface area (Å²) in [6.07, 6.45) is 5.58. The van der Waals surface area contributed by atoms with Crippen molar-refractivity contribution in [2.45, 2.75) is 25.0 Å². The van der Waals surface area contributed by atoms with Gasteiger partial charge in [0.2, 0.25) is 5.72 Å². The molecule has 3 heterocycles. The number of anilines is 1. The molecule has 27 heavy (non-hydrogen) atoms. The van der Waals surface area contributed by atoms with Crippen LogP contribution in [0.5, 0.6) is 11.5 Å². The van der Waals surface area contributed by atoms with Crippen molar-refractivity contribution in [3.63, 3.8) is 0 Å². The molecule has 3 aromatic rings. The summed E-state index contributed by atoms with van der Waals surface area (Å²) < 4.78 is 12.1. The lowest BCUT2D eigenvalue weighted by atomic mass is 9.77. The van der Waals surface area contributed by atoms with Crippen molar-refractivity contribution in [3.05, 3.63) is 54.4 Å². The third kappa shape index (κ3) is 1.94. The van der Waals surface area contributed by atoms with Gasteiger partial charge in [-0.05, 0) is 55.1 Å². The van der Waals surface area contributed by atoms with Crippen molar-refractivity contribution in [1.82, 2.24) is 4.98 Å². The molecule has 1 aromatic heterocycles. The normalized spacial score (nSPS) is 21.9. The highest BCUT2D eigenvalue weighted by Crippen LogP contribution is 2.54. The predicted octanol–water partition coefficient (Wildman–Crippen LogP) is 4.46. The van der Waals surface area contributed by atoms with Crippen LogP contribution >= 0.6 is 0 Å². The van der Waals surface area contributed by atoms with Crippen LogP contribution in [0.1, 0.15) is 19.4 Å². The zero-order valence-electron chi connectivity index (χ0n) is 15.9. The average Bonchev–Trinajstić information content (AvgIpc) is 2.86. The summed E-state index contributed by atoms with van der Waals surface area (Å²) >= 11 is 0. The Bertz CT molecular complexity index is 1110. The Hall–Kier alpha value is -3.08. The summed E-state index contributed by atoms with van der Waals surface area (Å²) in [5.41, 5.74) is 2.12. The van der Waals surface area contributed by atoms with Crippen molar-refractivity contribution >= 4 is 28.4 Å². The second-order valence-corrected chi connectivity index (χ2v) is 7.63. The zero-order valence-corrected chi connectivity index (χ0v) is 15.9. The molecule has 136 valence electrons. The third-order valence-electron chi connectivity index (χ3n) is 6.02. The number of methoxy groups -OCH3 is 1. The van der Waals surface area contributed by atoms with E-state index >= 15 is 0 Å². The van der Waals surface area contributed by atoms with Crippen LogP contribution in [0.3, 0.4) is 0 Å². The minimum absolute atomic E-state index is 0.323. The molecule has 2 aliphatic rings. The molecule has 0 amide bonds. The first-order valence-corrected chi connectivity index (χ1v) is 9.01. The van der Waals surface area contributed by atoms with Gasteiger partial charge in [0.25, 0.3) is 0 Å². The Morgan fingerprint density at radius 3 is 2.78 bits per heavy atom. The van der Waals surface area contributed by atoms with Crippen LogP contribution in [0.4, 0.5) is 11.4 Å². The Morgan fingerprint density at radius 2 is 1.96 bits per heavy atom. The number of hydrogen-bond donors (Lipinski definition) is 0. The van der Waals surface area contributed by atoms with E-state index in [9.17, 15) is 0 Å². The van der Waals surface area contributed by atoms with E-state index in [1.165, 1.54) is 5.56 Å². The third-order valence-corrected chi connectivity index (χ3v) is 6.02. The van der Waals surface area contributed by atoms with E-state index in [2.05, 4.69) is 49.0 Å². The first kappa shape index (κ1) is 16.1. The average molecular weight is 359 g/mol. The summed E-state index contributed by atoms with van der Waals surface area (Å²) in [4.78, 5) is 11.3. The summed E-state index contributed by atoms with van der Waals surface area (Å²) in [7, 11) is 3.75. The quantitative estimate of drug-likeness (QED) is 0.643. The van der Waals surface area contributed by atoms with Gasteiger partial charge < -0.3 is 14.4 Å². The van der Waals surface area contributed by atoms with Crippen LogP contribution in [0.25, 0.3) is 10.8 Å². The molecule has 0 radical (unpaired) electrons. The number of ether oxygens (including phenoxy) is 2. The molecule has 1 spiro atoms. The van der Waals surface area contributed by atoms with E-state index < -0.39 is 5.72 Å². The van der Waals surface area contributed by atoms with Crippen LogP contribution in [0.15, 0.2) is 53.8 Å². The van der Waals surface area contributed by atoms with Crippen LogP contribution in [-0.4, -0.2) is 31.1 Å². The maximum Gasteiger partial charge on any atom is 0.228 e. The van der Waals surface area contributed by atoms with Gasteiger partial charge in [-0.25, -0.2) is 0 Å². The van der Waals surface area contributed by atoms with Gasteiger partial charge in [0.15, 0.2) is 0 Å². The van der Waals surface area contributed by atoms with Crippen molar-refractivity contribution < 1.29 is 9.47 Å². The second-order valence-electron chi connectivity index (χ2n) is 7.63. The number of fused-ring (bicyclic) bond motifs is 4. The van der Waals surface area contributed by atoms with Gasteiger partial charge in [-0.15, -0.1) is 0 Å². The summed E-state index contributed by atoms with van der Waals surface area (Å²) in [6.45, 7) is 4.38. The van der Waals surface area contributed by atoms with Gasteiger partial charge in [-0.3, -0.25) is 9.98 Å². The van der Waals surface area contributed by atoms with Crippen molar-refractivity contribution in [1.29, 1.82) is 0 Å². The lowest BCUT2D eigenvalue weighted by Crippen LogP contribution is -2.61. The topological polar surface area (TPSA) is 47.0 Å². The molecule has 0 aliphatic carbocycles. The van der Waals surface area contributed by atoms with Crippen LogP contribution in [-0.2, 0) is 5.41 Å². The lowest BCUT2D eigenvalue weighted by Gasteiger charge is -2.44. The maximum absolute atomic E-state index is 6.68.